The highest BCUT2D eigenvalue weighted by Gasteiger charge is 2.23. The van der Waals surface area contributed by atoms with E-state index in [2.05, 4.69) is 24.7 Å². The van der Waals surface area contributed by atoms with Crippen LogP contribution in [-0.4, -0.2) is 59.2 Å². The average molecular weight is 573 g/mol. The summed E-state index contributed by atoms with van der Waals surface area (Å²) in [6.07, 6.45) is 6.51. The van der Waals surface area contributed by atoms with Crippen molar-refractivity contribution in [3.8, 4) is 23.0 Å². The molecule has 0 saturated carbocycles. The molecule has 0 spiro atoms. The Labute approximate surface area is 230 Å². The number of halogens is 1. The van der Waals surface area contributed by atoms with Gasteiger partial charge in [-0.05, 0) is 29.5 Å². The van der Waals surface area contributed by atoms with Gasteiger partial charge in [0.15, 0.2) is 5.82 Å². The molecular weight excluding hydrogens is 548 g/mol. The number of rotatable bonds is 12. The van der Waals surface area contributed by atoms with Crippen LogP contribution in [0.25, 0.3) is 11.1 Å². The van der Waals surface area contributed by atoms with E-state index in [0.29, 0.717) is 16.1 Å². The minimum absolute atomic E-state index is 0.0640. The van der Waals surface area contributed by atoms with Gasteiger partial charge in [-0.2, -0.15) is 12.7 Å². The third-order valence-electron chi connectivity index (χ3n) is 5.22. The molecule has 2 aromatic carbocycles. The maximum atomic E-state index is 13.2. The van der Waals surface area contributed by atoms with E-state index >= 15 is 0 Å². The number of benzene rings is 2. The van der Waals surface area contributed by atoms with Crippen LogP contribution in [0.5, 0.6) is 11.9 Å². The number of anilines is 1. The van der Waals surface area contributed by atoms with Gasteiger partial charge in [0.05, 0.1) is 5.56 Å². The third kappa shape index (κ3) is 7.32. The maximum absolute atomic E-state index is 13.2. The van der Waals surface area contributed by atoms with Gasteiger partial charge in [-0.25, -0.2) is 19.9 Å². The number of hydrogen-bond donors (Lipinski definition) is 1. The largest absolute Gasteiger partial charge is 0.473 e. The van der Waals surface area contributed by atoms with Crippen LogP contribution in [0.15, 0.2) is 78.2 Å². The molecule has 0 fully saturated rings. The fourth-order valence-electron chi connectivity index (χ4n) is 3.31. The Bertz CT molecular complexity index is 1440. The zero-order valence-corrected chi connectivity index (χ0v) is 23.0. The lowest BCUT2D eigenvalue weighted by molar-refractivity contribution is 0.201. The Balaban J connectivity index is 1.53. The number of nitrogens with one attached hydrogen (secondary N) is 1. The molecule has 0 atom stereocenters. The van der Waals surface area contributed by atoms with Gasteiger partial charge in [-0.3, -0.25) is 4.72 Å². The molecular formula is C25H25ClN6O4S2. The van der Waals surface area contributed by atoms with Gasteiger partial charge >= 0.3 is 16.2 Å². The van der Waals surface area contributed by atoms with E-state index < -0.39 is 10.2 Å². The summed E-state index contributed by atoms with van der Waals surface area (Å²) >= 11 is 7.60. The van der Waals surface area contributed by atoms with Crippen molar-refractivity contribution in [2.75, 3.05) is 31.2 Å². The number of ether oxygens (including phenoxy) is 2. The van der Waals surface area contributed by atoms with E-state index in [1.807, 2.05) is 36.6 Å². The Hall–Kier alpha value is -3.45. The molecule has 0 saturated heterocycles. The molecule has 0 amide bonds. The van der Waals surface area contributed by atoms with Crippen LogP contribution < -0.4 is 14.2 Å². The second-order valence-electron chi connectivity index (χ2n) is 7.86. The summed E-state index contributed by atoms with van der Waals surface area (Å²) in [5.41, 5.74) is 1.82. The highest BCUT2D eigenvalue weighted by molar-refractivity contribution is 7.98. The molecule has 0 bridgehead atoms. The van der Waals surface area contributed by atoms with Crippen molar-refractivity contribution < 1.29 is 17.9 Å². The first kappa shape index (κ1) is 27.6. The zero-order chi connectivity index (χ0) is 27.0. The zero-order valence-electron chi connectivity index (χ0n) is 20.6. The van der Waals surface area contributed by atoms with E-state index in [0.717, 1.165) is 10.5 Å². The molecule has 2 aromatic heterocycles. The van der Waals surface area contributed by atoms with Crippen molar-refractivity contribution in [2.45, 2.75) is 11.4 Å². The summed E-state index contributed by atoms with van der Waals surface area (Å²) in [5, 5.41) is 0.527. The van der Waals surface area contributed by atoms with E-state index in [4.69, 9.17) is 21.1 Å². The molecule has 1 N–H and O–H groups in total. The van der Waals surface area contributed by atoms with Crippen molar-refractivity contribution in [3.63, 3.8) is 0 Å². The van der Waals surface area contributed by atoms with Crippen LogP contribution in [0.4, 0.5) is 5.82 Å². The molecule has 0 aliphatic heterocycles. The highest BCUT2D eigenvalue weighted by atomic mass is 35.5. The van der Waals surface area contributed by atoms with Crippen LogP contribution in [-0.2, 0) is 16.8 Å². The summed E-state index contributed by atoms with van der Waals surface area (Å²) in [6, 6.07) is 16.3. The van der Waals surface area contributed by atoms with E-state index in [9.17, 15) is 8.42 Å². The molecule has 4 rings (SSSR count). The molecule has 0 unspecified atom stereocenters. The second-order valence-corrected chi connectivity index (χ2v) is 11.0. The van der Waals surface area contributed by atoms with Crippen molar-refractivity contribution >= 4 is 39.4 Å². The van der Waals surface area contributed by atoms with E-state index in [1.54, 1.807) is 36.7 Å². The maximum Gasteiger partial charge on any atom is 0.316 e. The Kier molecular flexibility index (Phi) is 9.34. The fraction of sp³-hybridized carbons (Fsp3) is 0.200. The van der Waals surface area contributed by atoms with E-state index in [1.165, 1.54) is 29.4 Å². The lowest BCUT2D eigenvalue weighted by Gasteiger charge is -2.20. The first-order valence-corrected chi connectivity index (χ1v) is 14.4. The standard InChI is InChI=1S/C25H25ClN6O4S2/c1-32(16-18-6-4-3-5-7-18)38(33,34)31-23-22(19-8-10-20(26)11-9-19)24(30-17-29-23)35-12-13-36-25-27-14-21(37-2)15-28-25/h3-11,14-15,17H,12-13,16H2,1-2H3,(H,29,30,31). The monoisotopic (exact) mass is 572 g/mol. The molecule has 4 aromatic rings. The molecule has 38 heavy (non-hydrogen) atoms. The SMILES string of the molecule is CSc1cnc(OCCOc2ncnc(NS(=O)(=O)N(C)Cc3ccccc3)c2-c2ccc(Cl)cc2)nc1. The van der Waals surface area contributed by atoms with Crippen LogP contribution in [0.3, 0.4) is 0 Å². The van der Waals surface area contributed by atoms with Gasteiger partial charge in [0, 0.05) is 35.9 Å². The Morgan fingerprint density at radius 1 is 0.947 bits per heavy atom. The number of hydrogen-bond acceptors (Lipinski definition) is 9. The quantitative estimate of drug-likeness (QED) is 0.192. The molecule has 0 aliphatic carbocycles. The highest BCUT2D eigenvalue weighted by Crippen LogP contribution is 2.35. The van der Waals surface area contributed by atoms with Gasteiger partial charge < -0.3 is 9.47 Å². The van der Waals surface area contributed by atoms with E-state index in [-0.39, 0.29) is 37.5 Å². The number of thioether (sulfide) groups is 1. The molecule has 0 aliphatic rings. The van der Waals surface area contributed by atoms with Gasteiger partial charge in [0.1, 0.15) is 19.5 Å². The number of aromatic nitrogens is 4. The van der Waals surface area contributed by atoms with Crippen molar-refractivity contribution in [1.29, 1.82) is 0 Å². The van der Waals surface area contributed by atoms with Gasteiger partial charge in [-0.15, -0.1) is 11.8 Å². The normalized spacial score (nSPS) is 11.4. The lowest BCUT2D eigenvalue weighted by atomic mass is 10.1. The Morgan fingerprint density at radius 2 is 1.63 bits per heavy atom. The van der Waals surface area contributed by atoms with Gasteiger partial charge in [0.25, 0.3) is 0 Å². The minimum atomic E-state index is -3.97. The molecule has 10 nitrogen and oxygen atoms in total. The first-order valence-electron chi connectivity index (χ1n) is 11.4. The summed E-state index contributed by atoms with van der Waals surface area (Å²) in [6.45, 7) is 0.424. The predicted molar refractivity (Wildman–Crippen MR) is 148 cm³/mol. The third-order valence-corrected chi connectivity index (χ3v) is 7.56. The minimum Gasteiger partial charge on any atom is -0.473 e. The summed E-state index contributed by atoms with van der Waals surface area (Å²) in [4.78, 5) is 17.7. The molecule has 0 radical (unpaired) electrons. The first-order chi connectivity index (χ1) is 18.4. The predicted octanol–water partition coefficient (Wildman–Crippen LogP) is 4.56. The van der Waals surface area contributed by atoms with Crippen LogP contribution in [0.1, 0.15) is 5.56 Å². The van der Waals surface area contributed by atoms with Crippen LogP contribution >= 0.6 is 23.4 Å². The average Bonchev–Trinajstić information content (AvgIpc) is 2.92. The summed E-state index contributed by atoms with van der Waals surface area (Å²) < 4.78 is 41.6. The summed E-state index contributed by atoms with van der Waals surface area (Å²) in [7, 11) is -2.48. The smallest absolute Gasteiger partial charge is 0.316 e. The second kappa shape index (κ2) is 12.9. The van der Waals surface area contributed by atoms with Crippen molar-refractivity contribution in [1.82, 2.24) is 24.2 Å². The van der Waals surface area contributed by atoms with Crippen molar-refractivity contribution in [2.24, 2.45) is 0 Å². The van der Waals surface area contributed by atoms with Crippen molar-refractivity contribution in [3.05, 3.63) is 83.9 Å². The summed E-state index contributed by atoms with van der Waals surface area (Å²) in [5.74, 6) is 0.238. The molecule has 2 heterocycles. The molecule has 13 heteroatoms. The van der Waals surface area contributed by atoms with Gasteiger partial charge in [-0.1, -0.05) is 54.1 Å². The van der Waals surface area contributed by atoms with Crippen LogP contribution in [0, 0.1) is 0 Å². The Morgan fingerprint density at radius 3 is 2.32 bits per heavy atom. The number of nitrogens with zero attached hydrogens (tertiary/aromatic N) is 5. The fourth-order valence-corrected chi connectivity index (χ4v) is 4.63. The molecule has 198 valence electrons. The van der Waals surface area contributed by atoms with Crippen LogP contribution in [0.2, 0.25) is 5.02 Å². The lowest BCUT2D eigenvalue weighted by Crippen LogP contribution is -2.32. The topological polar surface area (TPSA) is 119 Å². The van der Waals surface area contributed by atoms with Gasteiger partial charge in [0.2, 0.25) is 5.88 Å².